The number of carbonyl (C=O) groups excluding carboxylic acids is 1. The van der Waals surface area contributed by atoms with Crippen LogP contribution >= 0.6 is 0 Å². The number of benzene rings is 3. The second-order valence-electron chi connectivity index (χ2n) is 9.93. The number of nitrogens with zero attached hydrogens (tertiary/aromatic N) is 4. The van der Waals surface area contributed by atoms with Crippen LogP contribution in [0, 0.1) is 0 Å². The molecule has 0 aliphatic carbocycles. The van der Waals surface area contributed by atoms with Crippen LogP contribution in [0.4, 0.5) is 5.95 Å². The lowest BCUT2D eigenvalue weighted by Crippen LogP contribution is -2.34. The number of likely N-dealkylation sites (tertiary alicyclic amines) is 1. The first kappa shape index (κ1) is 24.1. The van der Waals surface area contributed by atoms with Crippen LogP contribution < -0.4 is 10.9 Å². The summed E-state index contributed by atoms with van der Waals surface area (Å²) in [5, 5.41) is 3.69. The van der Waals surface area contributed by atoms with Gasteiger partial charge in [0.15, 0.2) is 0 Å². The maximum absolute atomic E-state index is 13.3. The first-order valence-corrected chi connectivity index (χ1v) is 13.1. The van der Waals surface area contributed by atoms with E-state index in [1.807, 2.05) is 60.7 Å². The Morgan fingerprint density at radius 1 is 1.00 bits per heavy atom. The van der Waals surface area contributed by atoms with Gasteiger partial charge in [-0.1, -0.05) is 54.6 Å². The summed E-state index contributed by atoms with van der Waals surface area (Å²) in [5.41, 5.74) is 3.52. The number of amides is 1. The fourth-order valence-corrected chi connectivity index (χ4v) is 5.53. The number of fused-ring (bicyclic) bond motifs is 2. The topological polar surface area (TPSA) is 95.9 Å². The van der Waals surface area contributed by atoms with Crippen LogP contribution in [0.5, 0.6) is 0 Å². The van der Waals surface area contributed by atoms with Gasteiger partial charge < -0.3 is 9.55 Å². The minimum atomic E-state index is -0.134. The molecule has 1 aliphatic rings. The Hall–Kier alpha value is -4.30. The molecule has 192 valence electrons. The first-order chi connectivity index (χ1) is 18.6. The van der Waals surface area contributed by atoms with Crippen molar-refractivity contribution in [1.82, 2.24) is 24.4 Å². The van der Waals surface area contributed by atoms with Crippen molar-refractivity contribution in [3.05, 3.63) is 101 Å². The van der Waals surface area contributed by atoms with Gasteiger partial charge in [0.05, 0.1) is 34.5 Å². The zero-order chi connectivity index (χ0) is 26.1. The number of nitrogens with one attached hydrogen (secondary N) is 2. The van der Waals surface area contributed by atoms with E-state index in [0.717, 1.165) is 36.0 Å². The molecule has 1 aliphatic heterocycles. The van der Waals surface area contributed by atoms with E-state index in [-0.39, 0.29) is 23.6 Å². The Morgan fingerprint density at radius 3 is 2.58 bits per heavy atom. The average Bonchev–Trinajstić information content (AvgIpc) is 3.52. The largest absolute Gasteiger partial charge is 0.309 e. The van der Waals surface area contributed by atoms with Gasteiger partial charge in [-0.2, -0.15) is 0 Å². The molecule has 2 atom stereocenters. The van der Waals surface area contributed by atoms with Gasteiger partial charge in [-0.05, 0) is 56.1 Å². The van der Waals surface area contributed by atoms with Gasteiger partial charge >= 0.3 is 0 Å². The molecule has 0 saturated carbocycles. The molecule has 6 rings (SSSR count). The molecular weight excluding hydrogens is 476 g/mol. The number of aromatic amines is 1. The molecule has 8 nitrogen and oxygen atoms in total. The zero-order valence-electron chi connectivity index (χ0n) is 21.3. The van der Waals surface area contributed by atoms with Crippen molar-refractivity contribution in [2.75, 3.05) is 11.9 Å². The third kappa shape index (κ3) is 4.70. The number of imidazole rings is 1. The molecule has 3 heterocycles. The average molecular weight is 507 g/mol. The fourth-order valence-electron chi connectivity index (χ4n) is 5.53. The van der Waals surface area contributed by atoms with Crippen LogP contribution in [0.2, 0.25) is 0 Å². The monoisotopic (exact) mass is 506 g/mol. The molecule has 0 spiro atoms. The molecule has 3 aromatic carbocycles. The highest BCUT2D eigenvalue weighted by Gasteiger charge is 2.28. The summed E-state index contributed by atoms with van der Waals surface area (Å²) in [4.78, 5) is 40.4. The van der Waals surface area contributed by atoms with E-state index in [0.29, 0.717) is 35.6 Å². The maximum atomic E-state index is 13.3. The SMILES string of the molecule is CC(c1ccccc1)n1c(NC(=O)CC2CCCN2Cc2nc3ccccc3c(=O)[nH]2)nc2ccccc21. The van der Waals surface area contributed by atoms with Gasteiger partial charge in [0, 0.05) is 12.5 Å². The van der Waals surface area contributed by atoms with E-state index in [9.17, 15) is 9.59 Å². The van der Waals surface area contributed by atoms with Gasteiger partial charge in [0.25, 0.3) is 5.56 Å². The highest BCUT2D eigenvalue weighted by molar-refractivity contribution is 5.92. The zero-order valence-corrected chi connectivity index (χ0v) is 21.3. The quantitative estimate of drug-likeness (QED) is 0.328. The number of rotatable bonds is 7. The van der Waals surface area contributed by atoms with Crippen LogP contribution in [0.1, 0.15) is 43.6 Å². The van der Waals surface area contributed by atoms with E-state index in [2.05, 4.69) is 43.8 Å². The Balaban J connectivity index is 1.21. The molecule has 5 aromatic rings. The Kier molecular flexibility index (Phi) is 6.47. The standard InChI is InChI=1S/C30H30N6O2/c1-20(21-10-3-2-4-11-21)36-26-16-8-7-15-25(26)32-30(36)34-28(37)18-22-12-9-17-35(22)19-27-31-24-14-6-5-13-23(24)29(38)33-27/h2-8,10-11,13-16,20,22H,9,12,17-19H2,1H3,(H,31,33,38)(H,32,34,37). The lowest BCUT2D eigenvalue weighted by Gasteiger charge is -2.24. The predicted octanol–water partition coefficient (Wildman–Crippen LogP) is 4.88. The molecule has 8 heteroatoms. The molecule has 1 amide bonds. The van der Waals surface area contributed by atoms with Crippen molar-refractivity contribution in [3.63, 3.8) is 0 Å². The molecular formula is C30H30N6O2. The number of hydrogen-bond donors (Lipinski definition) is 2. The number of hydrogen-bond acceptors (Lipinski definition) is 5. The number of carbonyl (C=O) groups is 1. The number of anilines is 1. The molecule has 2 aromatic heterocycles. The van der Waals surface area contributed by atoms with Crippen molar-refractivity contribution >= 4 is 33.8 Å². The second-order valence-corrected chi connectivity index (χ2v) is 9.93. The van der Waals surface area contributed by atoms with Crippen molar-refractivity contribution in [3.8, 4) is 0 Å². The van der Waals surface area contributed by atoms with Gasteiger partial charge in [0.2, 0.25) is 11.9 Å². The Labute approximate surface area is 220 Å². The van der Waals surface area contributed by atoms with E-state index in [1.165, 1.54) is 0 Å². The van der Waals surface area contributed by atoms with Crippen LogP contribution in [0.25, 0.3) is 21.9 Å². The summed E-state index contributed by atoms with van der Waals surface area (Å²) in [7, 11) is 0. The Morgan fingerprint density at radius 2 is 1.74 bits per heavy atom. The van der Waals surface area contributed by atoms with E-state index >= 15 is 0 Å². The number of aromatic nitrogens is 4. The number of H-pyrrole nitrogens is 1. The molecule has 38 heavy (non-hydrogen) atoms. The fraction of sp³-hybridized carbons (Fsp3) is 0.267. The summed E-state index contributed by atoms with van der Waals surface area (Å²) >= 11 is 0. The predicted molar refractivity (Wildman–Crippen MR) is 149 cm³/mol. The van der Waals surface area contributed by atoms with Crippen molar-refractivity contribution in [1.29, 1.82) is 0 Å². The van der Waals surface area contributed by atoms with Gasteiger partial charge in [-0.3, -0.25) is 19.8 Å². The Bertz CT molecular complexity index is 1660. The van der Waals surface area contributed by atoms with Crippen molar-refractivity contribution < 1.29 is 4.79 Å². The molecule has 2 N–H and O–H groups in total. The van der Waals surface area contributed by atoms with Crippen LogP contribution in [0.3, 0.4) is 0 Å². The highest BCUT2D eigenvalue weighted by atomic mass is 16.1. The second kappa shape index (κ2) is 10.2. The molecule has 1 fully saturated rings. The van der Waals surface area contributed by atoms with Gasteiger partial charge in [-0.15, -0.1) is 0 Å². The van der Waals surface area contributed by atoms with Crippen LogP contribution in [-0.4, -0.2) is 42.9 Å². The van der Waals surface area contributed by atoms with Gasteiger partial charge in [-0.25, -0.2) is 9.97 Å². The third-order valence-corrected chi connectivity index (χ3v) is 7.45. The molecule has 0 bridgehead atoms. The van der Waals surface area contributed by atoms with Crippen molar-refractivity contribution in [2.24, 2.45) is 0 Å². The maximum Gasteiger partial charge on any atom is 0.258 e. The lowest BCUT2D eigenvalue weighted by atomic mass is 10.1. The summed E-state index contributed by atoms with van der Waals surface area (Å²) < 4.78 is 2.10. The molecule has 2 unspecified atom stereocenters. The summed E-state index contributed by atoms with van der Waals surface area (Å²) in [6.07, 6.45) is 2.27. The number of para-hydroxylation sites is 3. The smallest absolute Gasteiger partial charge is 0.258 e. The lowest BCUT2D eigenvalue weighted by molar-refractivity contribution is -0.117. The molecule has 0 radical (unpaired) electrons. The summed E-state index contributed by atoms with van der Waals surface area (Å²) in [6, 6.07) is 25.6. The minimum Gasteiger partial charge on any atom is -0.309 e. The molecule has 1 saturated heterocycles. The first-order valence-electron chi connectivity index (χ1n) is 13.1. The van der Waals surface area contributed by atoms with Crippen LogP contribution in [-0.2, 0) is 11.3 Å². The van der Waals surface area contributed by atoms with E-state index in [1.54, 1.807) is 6.07 Å². The summed E-state index contributed by atoms with van der Waals surface area (Å²) in [5.74, 6) is 1.11. The van der Waals surface area contributed by atoms with E-state index in [4.69, 9.17) is 4.98 Å². The highest BCUT2D eigenvalue weighted by Crippen LogP contribution is 2.29. The minimum absolute atomic E-state index is 0.00215. The third-order valence-electron chi connectivity index (χ3n) is 7.45. The van der Waals surface area contributed by atoms with E-state index < -0.39 is 0 Å². The normalized spacial score (nSPS) is 16.7. The van der Waals surface area contributed by atoms with Gasteiger partial charge in [0.1, 0.15) is 5.82 Å². The van der Waals surface area contributed by atoms with Crippen molar-refractivity contribution in [2.45, 2.75) is 44.8 Å². The summed E-state index contributed by atoms with van der Waals surface area (Å²) in [6.45, 7) is 3.48. The van der Waals surface area contributed by atoms with Crippen LogP contribution in [0.15, 0.2) is 83.7 Å².